The van der Waals surface area contributed by atoms with Crippen molar-refractivity contribution in [3.8, 4) is 0 Å². The quantitative estimate of drug-likeness (QED) is 0.130. The molecule has 0 aromatic rings. The van der Waals surface area contributed by atoms with E-state index >= 15 is 0 Å². The summed E-state index contributed by atoms with van der Waals surface area (Å²) in [4.78, 5) is 69.9. The summed E-state index contributed by atoms with van der Waals surface area (Å²) in [5.41, 5.74) is 10.6. The first kappa shape index (κ1) is 27.7. The summed E-state index contributed by atoms with van der Waals surface area (Å²) in [7, 11) is 0. The number of carbonyl (C=O) groups is 6. The molecule has 4 amide bonds. The highest BCUT2D eigenvalue weighted by Crippen LogP contribution is 2.04. The van der Waals surface area contributed by atoms with Crippen LogP contribution in [0.2, 0.25) is 0 Å². The van der Waals surface area contributed by atoms with Crippen LogP contribution in [0.15, 0.2) is 0 Å². The zero-order chi connectivity index (χ0) is 24.3. The molecule has 0 aliphatic heterocycles. The standard InChI is InChI=1S/C17H29N5O9/c1-7(17(30)31)20-14(27)10(4-6-12(25)26)21-15(28)9(3-5-11(18)24)22-16(29)13(19)8(2)23/h7-10,13,23H,3-6,19H2,1-2H3,(H2,18,24)(H,20,27)(H,21,28)(H,22,29)(H,25,26)(H,30,31). The number of hydrogen-bond acceptors (Lipinski definition) is 8. The number of rotatable bonds is 14. The van der Waals surface area contributed by atoms with Gasteiger partial charge in [0.1, 0.15) is 24.2 Å². The largest absolute Gasteiger partial charge is 0.481 e. The number of primary amides is 1. The van der Waals surface area contributed by atoms with E-state index in [2.05, 4.69) is 16.0 Å². The van der Waals surface area contributed by atoms with E-state index in [-0.39, 0.29) is 19.3 Å². The van der Waals surface area contributed by atoms with E-state index in [4.69, 9.17) is 21.7 Å². The van der Waals surface area contributed by atoms with Gasteiger partial charge in [0.25, 0.3) is 0 Å². The third-order valence-electron chi connectivity index (χ3n) is 4.14. The summed E-state index contributed by atoms with van der Waals surface area (Å²) in [6, 6.07) is -5.52. The van der Waals surface area contributed by atoms with Crippen LogP contribution in [0.1, 0.15) is 39.5 Å². The predicted octanol–water partition coefficient (Wildman–Crippen LogP) is -3.62. The molecule has 0 saturated carbocycles. The van der Waals surface area contributed by atoms with Crippen molar-refractivity contribution in [1.82, 2.24) is 16.0 Å². The summed E-state index contributed by atoms with van der Waals surface area (Å²) in [6.45, 7) is 2.42. The van der Waals surface area contributed by atoms with Crippen molar-refractivity contribution >= 4 is 35.6 Å². The fourth-order valence-corrected chi connectivity index (χ4v) is 2.23. The molecule has 14 nitrogen and oxygen atoms in total. The molecule has 0 saturated heterocycles. The van der Waals surface area contributed by atoms with Gasteiger partial charge in [-0.05, 0) is 26.7 Å². The van der Waals surface area contributed by atoms with Gasteiger partial charge in [-0.1, -0.05) is 0 Å². The number of carboxylic acids is 2. The number of aliphatic hydroxyl groups excluding tert-OH is 1. The Hall–Kier alpha value is -3.26. The van der Waals surface area contributed by atoms with Crippen LogP contribution in [0, 0.1) is 0 Å². The third kappa shape index (κ3) is 10.9. The van der Waals surface area contributed by atoms with Gasteiger partial charge >= 0.3 is 11.9 Å². The smallest absolute Gasteiger partial charge is 0.325 e. The number of hydrogen-bond donors (Lipinski definition) is 8. The minimum Gasteiger partial charge on any atom is -0.481 e. The second-order valence-electron chi connectivity index (χ2n) is 6.89. The van der Waals surface area contributed by atoms with Gasteiger partial charge in [0.15, 0.2) is 0 Å². The van der Waals surface area contributed by atoms with Crippen molar-refractivity contribution in [3.05, 3.63) is 0 Å². The van der Waals surface area contributed by atoms with Crippen LogP contribution in [-0.4, -0.2) is 81.2 Å². The first-order chi connectivity index (χ1) is 14.3. The lowest BCUT2D eigenvalue weighted by Crippen LogP contribution is -2.58. The lowest BCUT2D eigenvalue weighted by molar-refractivity contribution is -0.142. The summed E-state index contributed by atoms with van der Waals surface area (Å²) >= 11 is 0. The predicted molar refractivity (Wildman–Crippen MR) is 104 cm³/mol. The van der Waals surface area contributed by atoms with E-state index in [1.165, 1.54) is 13.8 Å². The Balaban J connectivity index is 5.47. The van der Waals surface area contributed by atoms with Crippen LogP contribution >= 0.6 is 0 Å². The number of nitrogens with one attached hydrogen (secondary N) is 3. The highest BCUT2D eigenvalue weighted by atomic mass is 16.4. The molecular weight excluding hydrogens is 418 g/mol. The molecule has 10 N–H and O–H groups in total. The molecule has 0 bridgehead atoms. The Bertz CT molecular complexity index is 697. The Labute approximate surface area is 177 Å². The van der Waals surface area contributed by atoms with E-state index in [0.29, 0.717) is 0 Å². The Kier molecular flexibility index (Phi) is 11.7. The topological polar surface area (TPSA) is 251 Å². The zero-order valence-corrected chi connectivity index (χ0v) is 17.2. The van der Waals surface area contributed by atoms with Crippen LogP contribution < -0.4 is 27.4 Å². The molecule has 176 valence electrons. The van der Waals surface area contributed by atoms with Crippen molar-refractivity contribution in [1.29, 1.82) is 0 Å². The zero-order valence-electron chi connectivity index (χ0n) is 17.2. The normalized spacial score (nSPS) is 15.5. The van der Waals surface area contributed by atoms with E-state index < -0.39 is 72.3 Å². The molecule has 5 unspecified atom stereocenters. The van der Waals surface area contributed by atoms with Gasteiger partial charge in [-0.3, -0.25) is 28.8 Å². The number of nitrogens with two attached hydrogens (primary N) is 2. The average Bonchev–Trinajstić information content (AvgIpc) is 2.66. The average molecular weight is 447 g/mol. The summed E-state index contributed by atoms with van der Waals surface area (Å²) in [6.07, 6.45) is -2.72. The molecule has 0 rings (SSSR count). The number of aliphatic carboxylic acids is 2. The SMILES string of the molecule is CC(NC(=O)C(CCC(=O)O)NC(=O)C(CCC(N)=O)NC(=O)C(N)C(C)O)C(=O)O. The van der Waals surface area contributed by atoms with Gasteiger partial charge in [0.2, 0.25) is 23.6 Å². The summed E-state index contributed by atoms with van der Waals surface area (Å²) in [5.74, 6) is -6.21. The van der Waals surface area contributed by atoms with Gasteiger partial charge in [0.05, 0.1) is 6.10 Å². The Morgan fingerprint density at radius 3 is 1.68 bits per heavy atom. The first-order valence-corrected chi connectivity index (χ1v) is 9.33. The number of amides is 4. The molecule has 0 heterocycles. The van der Waals surface area contributed by atoms with Gasteiger partial charge in [0, 0.05) is 12.8 Å². The molecule has 0 aliphatic carbocycles. The maximum Gasteiger partial charge on any atom is 0.325 e. The van der Waals surface area contributed by atoms with E-state index in [1.54, 1.807) is 0 Å². The maximum absolute atomic E-state index is 12.6. The number of carbonyl (C=O) groups excluding carboxylic acids is 4. The minimum atomic E-state index is -1.44. The van der Waals surface area contributed by atoms with Gasteiger partial charge in [-0.15, -0.1) is 0 Å². The molecule has 0 aromatic heterocycles. The summed E-state index contributed by atoms with van der Waals surface area (Å²) in [5, 5.41) is 33.7. The monoisotopic (exact) mass is 447 g/mol. The lowest BCUT2D eigenvalue weighted by atomic mass is 10.1. The van der Waals surface area contributed by atoms with E-state index in [0.717, 1.165) is 0 Å². The van der Waals surface area contributed by atoms with Crippen molar-refractivity contribution in [2.24, 2.45) is 11.5 Å². The van der Waals surface area contributed by atoms with E-state index in [1.807, 2.05) is 0 Å². The molecule has 14 heteroatoms. The van der Waals surface area contributed by atoms with Crippen LogP contribution in [-0.2, 0) is 28.8 Å². The Morgan fingerprint density at radius 2 is 1.26 bits per heavy atom. The molecule has 0 radical (unpaired) electrons. The molecule has 5 atom stereocenters. The maximum atomic E-state index is 12.6. The van der Waals surface area contributed by atoms with E-state index in [9.17, 15) is 33.9 Å². The lowest BCUT2D eigenvalue weighted by Gasteiger charge is -2.24. The number of carboxylic acid groups (broad SMARTS) is 2. The highest BCUT2D eigenvalue weighted by molar-refractivity contribution is 5.94. The second-order valence-corrected chi connectivity index (χ2v) is 6.89. The molecule has 0 aromatic carbocycles. The fraction of sp³-hybridized carbons (Fsp3) is 0.647. The molecule has 0 fully saturated rings. The van der Waals surface area contributed by atoms with Gasteiger partial charge in [-0.25, -0.2) is 0 Å². The molecule has 31 heavy (non-hydrogen) atoms. The summed E-state index contributed by atoms with van der Waals surface area (Å²) < 4.78 is 0. The highest BCUT2D eigenvalue weighted by Gasteiger charge is 2.30. The van der Waals surface area contributed by atoms with Crippen LogP contribution in [0.4, 0.5) is 0 Å². The van der Waals surface area contributed by atoms with Crippen LogP contribution in [0.25, 0.3) is 0 Å². The Morgan fingerprint density at radius 1 is 0.806 bits per heavy atom. The van der Waals surface area contributed by atoms with Crippen LogP contribution in [0.3, 0.4) is 0 Å². The third-order valence-corrected chi connectivity index (χ3v) is 4.14. The first-order valence-electron chi connectivity index (χ1n) is 9.33. The fourth-order valence-electron chi connectivity index (χ4n) is 2.23. The van der Waals surface area contributed by atoms with Gasteiger partial charge < -0.3 is 42.7 Å². The molecular formula is C17H29N5O9. The van der Waals surface area contributed by atoms with Crippen molar-refractivity contribution < 1.29 is 44.1 Å². The van der Waals surface area contributed by atoms with Crippen molar-refractivity contribution in [2.75, 3.05) is 0 Å². The van der Waals surface area contributed by atoms with Crippen molar-refractivity contribution in [3.63, 3.8) is 0 Å². The van der Waals surface area contributed by atoms with Crippen LogP contribution in [0.5, 0.6) is 0 Å². The van der Waals surface area contributed by atoms with Gasteiger partial charge in [-0.2, -0.15) is 0 Å². The number of aliphatic hydroxyl groups is 1. The minimum absolute atomic E-state index is 0.266. The second kappa shape index (κ2) is 13.1. The molecule has 0 spiro atoms. The van der Waals surface area contributed by atoms with Crippen molar-refractivity contribution in [2.45, 2.75) is 69.8 Å². The molecule has 0 aliphatic rings.